The van der Waals surface area contributed by atoms with Gasteiger partial charge in [0, 0.05) is 12.7 Å². The highest BCUT2D eigenvalue weighted by Crippen LogP contribution is 2.36. The van der Waals surface area contributed by atoms with E-state index in [1.807, 2.05) is 6.07 Å². The third-order valence-electron chi connectivity index (χ3n) is 6.11. The SMILES string of the molecule is Cc1cc(C#N)c(F)c(Oc2c(C(F)(F)F)ncn(Cc3cc(C#N)c(OCCOC4CCCCO4)c[n+]3[O-])c2=O)c1. The van der Waals surface area contributed by atoms with Gasteiger partial charge in [-0.15, -0.1) is 0 Å². The van der Waals surface area contributed by atoms with E-state index in [9.17, 15) is 32.8 Å². The fraction of sp³-hybridized carbons (Fsp3) is 0.370. The van der Waals surface area contributed by atoms with Gasteiger partial charge in [-0.05, 0) is 43.9 Å². The Balaban J connectivity index is 1.60. The maximum Gasteiger partial charge on any atom is 0.437 e. The number of hydrogen-bond acceptors (Lipinski definition) is 9. The van der Waals surface area contributed by atoms with Crippen LogP contribution in [0.4, 0.5) is 17.6 Å². The molecule has 0 spiro atoms. The van der Waals surface area contributed by atoms with Crippen molar-refractivity contribution >= 4 is 0 Å². The van der Waals surface area contributed by atoms with Gasteiger partial charge in [-0.25, -0.2) is 9.37 Å². The molecule has 0 bridgehead atoms. The molecule has 1 saturated heterocycles. The first kappa shape index (κ1) is 30.2. The first-order valence-electron chi connectivity index (χ1n) is 12.6. The number of rotatable bonds is 9. The molecule has 220 valence electrons. The zero-order chi connectivity index (χ0) is 30.4. The molecule has 4 rings (SSSR count). The van der Waals surface area contributed by atoms with Crippen molar-refractivity contribution in [3.63, 3.8) is 0 Å². The lowest BCUT2D eigenvalue weighted by Gasteiger charge is -2.22. The molecule has 0 saturated carbocycles. The van der Waals surface area contributed by atoms with Crippen LogP contribution in [-0.2, 0) is 22.2 Å². The molecule has 1 atom stereocenters. The molecule has 1 aliphatic heterocycles. The van der Waals surface area contributed by atoms with Crippen molar-refractivity contribution in [2.24, 2.45) is 0 Å². The lowest BCUT2D eigenvalue weighted by molar-refractivity contribution is -0.614. The number of benzene rings is 1. The summed E-state index contributed by atoms with van der Waals surface area (Å²) in [5.74, 6) is -3.50. The Morgan fingerprint density at radius 3 is 2.60 bits per heavy atom. The monoisotopic (exact) mass is 589 g/mol. The summed E-state index contributed by atoms with van der Waals surface area (Å²) in [6.45, 7) is 1.55. The highest BCUT2D eigenvalue weighted by atomic mass is 19.4. The third kappa shape index (κ3) is 6.94. The van der Waals surface area contributed by atoms with Crippen LogP contribution in [0.3, 0.4) is 0 Å². The summed E-state index contributed by atoms with van der Waals surface area (Å²) >= 11 is 0. The summed E-state index contributed by atoms with van der Waals surface area (Å²) in [4.78, 5) is 16.4. The van der Waals surface area contributed by atoms with Crippen LogP contribution in [0.2, 0.25) is 0 Å². The van der Waals surface area contributed by atoms with Crippen molar-refractivity contribution in [1.29, 1.82) is 10.5 Å². The van der Waals surface area contributed by atoms with E-state index < -0.39 is 46.9 Å². The summed E-state index contributed by atoms with van der Waals surface area (Å²) < 4.78 is 78.2. The molecule has 0 radical (unpaired) electrons. The predicted octanol–water partition coefficient (Wildman–Crippen LogP) is 3.85. The summed E-state index contributed by atoms with van der Waals surface area (Å²) in [5, 5.41) is 31.4. The van der Waals surface area contributed by atoms with Gasteiger partial charge in [-0.2, -0.15) is 28.4 Å². The Labute approximate surface area is 236 Å². The molecule has 1 fully saturated rings. The second-order valence-electron chi connectivity index (χ2n) is 9.19. The van der Waals surface area contributed by atoms with Crippen molar-refractivity contribution in [2.75, 3.05) is 19.8 Å². The molecule has 42 heavy (non-hydrogen) atoms. The van der Waals surface area contributed by atoms with Gasteiger partial charge < -0.3 is 24.2 Å². The normalized spacial score (nSPS) is 15.1. The smallest absolute Gasteiger partial charge is 0.437 e. The van der Waals surface area contributed by atoms with Crippen LogP contribution in [0.15, 0.2) is 35.5 Å². The highest BCUT2D eigenvalue weighted by Gasteiger charge is 2.39. The predicted molar refractivity (Wildman–Crippen MR) is 134 cm³/mol. The zero-order valence-corrected chi connectivity index (χ0v) is 22.1. The van der Waals surface area contributed by atoms with Crippen LogP contribution in [-0.4, -0.2) is 35.7 Å². The van der Waals surface area contributed by atoms with Gasteiger partial charge in [0.05, 0.1) is 18.5 Å². The van der Waals surface area contributed by atoms with Crippen molar-refractivity contribution in [1.82, 2.24) is 9.55 Å². The van der Waals surface area contributed by atoms with E-state index in [1.165, 1.54) is 6.92 Å². The van der Waals surface area contributed by atoms with E-state index >= 15 is 0 Å². The molecule has 1 unspecified atom stereocenters. The number of aromatic nitrogens is 3. The molecule has 15 heteroatoms. The molecule has 1 aromatic carbocycles. The maximum atomic E-state index is 14.7. The Kier molecular flexibility index (Phi) is 9.25. The topological polar surface area (TPSA) is 146 Å². The van der Waals surface area contributed by atoms with Gasteiger partial charge in [-0.3, -0.25) is 9.36 Å². The Bertz CT molecular complexity index is 1610. The van der Waals surface area contributed by atoms with Crippen molar-refractivity contribution in [2.45, 2.75) is 45.2 Å². The number of aryl methyl sites for hydroxylation is 1. The minimum atomic E-state index is -5.16. The fourth-order valence-corrected chi connectivity index (χ4v) is 4.10. The van der Waals surface area contributed by atoms with Crippen LogP contribution in [0, 0.1) is 40.6 Å². The standard InChI is InChI=1S/C27H23F4N5O6/c1-16-8-18(12-33)23(28)20(9-16)42-24-25(27(29,30)31)34-15-35(26(24)37)13-19-10-17(11-32)21(14-36(19)38)39-6-7-41-22-4-2-3-5-40-22/h8-10,14-15,22H,2-7,13H2,1H3. The molecule has 3 aromatic rings. The average molecular weight is 590 g/mol. The second-order valence-corrected chi connectivity index (χ2v) is 9.19. The van der Waals surface area contributed by atoms with Crippen LogP contribution in [0.1, 0.15) is 47.3 Å². The molecule has 1 aliphatic rings. The second kappa shape index (κ2) is 12.8. The molecule has 0 aliphatic carbocycles. The van der Waals surface area contributed by atoms with Gasteiger partial charge >= 0.3 is 6.18 Å². The van der Waals surface area contributed by atoms with Gasteiger partial charge in [0.15, 0.2) is 23.6 Å². The lowest BCUT2D eigenvalue weighted by atomic mass is 10.1. The van der Waals surface area contributed by atoms with E-state index in [0.29, 0.717) is 17.5 Å². The Hall–Kier alpha value is -4.73. The summed E-state index contributed by atoms with van der Waals surface area (Å²) in [6.07, 6.45) is -1.37. The summed E-state index contributed by atoms with van der Waals surface area (Å²) in [6, 6.07) is 6.70. The Morgan fingerprint density at radius 2 is 1.93 bits per heavy atom. The first-order chi connectivity index (χ1) is 20.0. The highest BCUT2D eigenvalue weighted by molar-refractivity contribution is 5.45. The molecular weight excluding hydrogens is 566 g/mol. The van der Waals surface area contributed by atoms with Gasteiger partial charge in [0.25, 0.3) is 5.56 Å². The average Bonchev–Trinajstić information content (AvgIpc) is 2.95. The molecule has 0 amide bonds. The first-order valence-corrected chi connectivity index (χ1v) is 12.6. The van der Waals surface area contributed by atoms with Crippen LogP contribution >= 0.6 is 0 Å². The molecule has 0 N–H and O–H groups in total. The third-order valence-corrected chi connectivity index (χ3v) is 6.11. The van der Waals surface area contributed by atoms with Gasteiger partial charge in [-0.1, -0.05) is 0 Å². The van der Waals surface area contributed by atoms with Crippen LogP contribution in [0.25, 0.3) is 0 Å². The van der Waals surface area contributed by atoms with E-state index in [-0.39, 0.29) is 46.8 Å². The fourth-order valence-electron chi connectivity index (χ4n) is 4.10. The lowest BCUT2D eigenvalue weighted by Crippen LogP contribution is -2.36. The van der Waals surface area contributed by atoms with Gasteiger partial charge in [0.2, 0.25) is 23.4 Å². The molecule has 11 nitrogen and oxygen atoms in total. The van der Waals surface area contributed by atoms with Crippen molar-refractivity contribution in [3.8, 4) is 29.4 Å². The maximum absolute atomic E-state index is 14.7. The van der Waals surface area contributed by atoms with E-state index in [0.717, 1.165) is 43.7 Å². The molecule has 2 aromatic heterocycles. The van der Waals surface area contributed by atoms with Gasteiger partial charge in [0.1, 0.15) is 30.9 Å². The van der Waals surface area contributed by atoms with E-state index in [4.69, 9.17) is 24.2 Å². The number of ether oxygens (including phenoxy) is 4. The molecule has 3 heterocycles. The van der Waals surface area contributed by atoms with E-state index in [2.05, 4.69) is 4.98 Å². The number of nitrogens with zero attached hydrogens (tertiary/aromatic N) is 5. The van der Waals surface area contributed by atoms with E-state index in [1.54, 1.807) is 6.07 Å². The molecular formula is C27H23F4N5O6. The largest absolute Gasteiger partial charge is 0.618 e. The summed E-state index contributed by atoms with van der Waals surface area (Å²) in [7, 11) is 0. The Morgan fingerprint density at radius 1 is 1.17 bits per heavy atom. The van der Waals surface area contributed by atoms with Crippen LogP contribution < -0.4 is 19.8 Å². The van der Waals surface area contributed by atoms with Crippen LogP contribution in [0.5, 0.6) is 17.2 Å². The minimum Gasteiger partial charge on any atom is -0.618 e. The van der Waals surface area contributed by atoms with Crippen molar-refractivity contribution in [3.05, 3.63) is 80.2 Å². The minimum absolute atomic E-state index is 0.0000957. The summed E-state index contributed by atoms with van der Waals surface area (Å²) in [5.41, 5.74) is -3.64. The quantitative estimate of drug-likeness (QED) is 0.157. The number of hydrogen-bond donors (Lipinski definition) is 0. The number of alkyl halides is 3. The number of pyridine rings is 1. The zero-order valence-electron chi connectivity index (χ0n) is 22.1. The van der Waals surface area contributed by atoms with Crippen molar-refractivity contribution < 1.29 is 41.2 Å². The number of nitriles is 2. The number of halogens is 4.